The van der Waals surface area contributed by atoms with Gasteiger partial charge in [0.1, 0.15) is 0 Å². The molecule has 0 bridgehead atoms. The van der Waals surface area contributed by atoms with Gasteiger partial charge < -0.3 is 0 Å². The lowest BCUT2D eigenvalue weighted by atomic mass is 9.95. The molecule has 0 spiro atoms. The number of hydrogen-bond acceptors (Lipinski definition) is 4. The first-order valence-electron chi connectivity index (χ1n) is 8.32. The summed E-state index contributed by atoms with van der Waals surface area (Å²) in [5.74, 6) is 0.978. The van der Waals surface area contributed by atoms with E-state index in [2.05, 4.69) is 21.0 Å². The topological polar surface area (TPSA) is 62.5 Å². The molecule has 4 nitrogen and oxygen atoms in total. The monoisotopic (exact) mass is 368 g/mol. The highest BCUT2D eigenvalue weighted by atomic mass is 35.5. The summed E-state index contributed by atoms with van der Waals surface area (Å²) < 4.78 is 0. The zero-order chi connectivity index (χ0) is 18.6. The Bertz CT molecular complexity index is 1150. The molecule has 0 radical (unpaired) electrons. The van der Waals surface area contributed by atoms with Gasteiger partial charge in [0.05, 0.1) is 11.6 Å². The van der Waals surface area contributed by atoms with E-state index in [0.29, 0.717) is 17.2 Å². The van der Waals surface area contributed by atoms with E-state index in [0.717, 1.165) is 22.3 Å². The standard InChI is InChI=1S/C22H13ClN4/c23-22-26-20(15-8-2-1-3-9-15)25-21(27-22)19-13-7-6-12-18(19)17-11-5-4-10-16(17)14-24/h1-13H. The molecule has 0 atom stereocenters. The number of benzene rings is 3. The first-order valence-corrected chi connectivity index (χ1v) is 8.70. The molecule has 0 aliphatic rings. The molecule has 4 aromatic rings. The Morgan fingerprint density at radius 3 is 1.96 bits per heavy atom. The van der Waals surface area contributed by atoms with Crippen LogP contribution in [0.15, 0.2) is 78.9 Å². The molecule has 3 aromatic carbocycles. The zero-order valence-electron chi connectivity index (χ0n) is 14.2. The highest BCUT2D eigenvalue weighted by molar-refractivity contribution is 6.28. The Morgan fingerprint density at radius 1 is 0.630 bits per heavy atom. The predicted molar refractivity (Wildman–Crippen MR) is 106 cm³/mol. The number of hydrogen-bond donors (Lipinski definition) is 0. The third-order valence-corrected chi connectivity index (χ3v) is 4.31. The Labute approximate surface area is 161 Å². The van der Waals surface area contributed by atoms with Crippen molar-refractivity contribution in [3.63, 3.8) is 0 Å². The van der Waals surface area contributed by atoms with E-state index in [1.54, 1.807) is 6.07 Å². The fourth-order valence-electron chi connectivity index (χ4n) is 2.92. The molecule has 0 aliphatic carbocycles. The summed E-state index contributed by atoms with van der Waals surface area (Å²) in [5.41, 5.74) is 3.94. The van der Waals surface area contributed by atoms with Crippen molar-refractivity contribution in [2.24, 2.45) is 0 Å². The van der Waals surface area contributed by atoms with E-state index in [9.17, 15) is 5.26 Å². The van der Waals surface area contributed by atoms with Gasteiger partial charge in [0.25, 0.3) is 0 Å². The average molecular weight is 369 g/mol. The first-order chi connectivity index (χ1) is 13.3. The minimum atomic E-state index is 0.127. The van der Waals surface area contributed by atoms with Crippen molar-refractivity contribution in [3.05, 3.63) is 89.7 Å². The van der Waals surface area contributed by atoms with Crippen LogP contribution in [0, 0.1) is 11.3 Å². The molecule has 128 valence electrons. The highest BCUT2D eigenvalue weighted by Gasteiger charge is 2.15. The van der Waals surface area contributed by atoms with Gasteiger partial charge in [-0.3, -0.25) is 0 Å². The number of aromatic nitrogens is 3. The summed E-state index contributed by atoms with van der Waals surface area (Å²) in [6, 6.07) is 27.0. The maximum Gasteiger partial charge on any atom is 0.226 e. The summed E-state index contributed by atoms with van der Waals surface area (Å²) in [7, 11) is 0. The van der Waals surface area contributed by atoms with Gasteiger partial charge in [0.15, 0.2) is 11.6 Å². The van der Waals surface area contributed by atoms with Crippen LogP contribution >= 0.6 is 11.6 Å². The van der Waals surface area contributed by atoms with Crippen molar-refractivity contribution < 1.29 is 0 Å². The summed E-state index contributed by atoms with van der Waals surface area (Å²) in [4.78, 5) is 13.2. The Morgan fingerprint density at radius 2 is 1.22 bits per heavy atom. The lowest BCUT2D eigenvalue weighted by Gasteiger charge is -2.11. The minimum absolute atomic E-state index is 0.127. The molecule has 0 saturated heterocycles. The molecular formula is C22H13ClN4. The minimum Gasteiger partial charge on any atom is -0.208 e. The Hall–Kier alpha value is -3.55. The van der Waals surface area contributed by atoms with Crippen LogP contribution in [0.5, 0.6) is 0 Å². The highest BCUT2D eigenvalue weighted by Crippen LogP contribution is 2.33. The van der Waals surface area contributed by atoms with Crippen LogP contribution < -0.4 is 0 Å². The van der Waals surface area contributed by atoms with Gasteiger partial charge in [-0.05, 0) is 23.2 Å². The van der Waals surface area contributed by atoms with E-state index in [1.165, 1.54) is 0 Å². The molecular weight excluding hydrogens is 356 g/mol. The quantitative estimate of drug-likeness (QED) is 0.486. The second kappa shape index (κ2) is 7.36. The smallest absolute Gasteiger partial charge is 0.208 e. The third-order valence-electron chi connectivity index (χ3n) is 4.15. The van der Waals surface area contributed by atoms with Crippen molar-refractivity contribution in [1.82, 2.24) is 15.0 Å². The van der Waals surface area contributed by atoms with Gasteiger partial charge in [-0.25, -0.2) is 4.98 Å². The average Bonchev–Trinajstić information content (AvgIpc) is 2.74. The molecule has 1 heterocycles. The van der Waals surface area contributed by atoms with Crippen molar-refractivity contribution in [1.29, 1.82) is 5.26 Å². The number of halogens is 1. The predicted octanol–water partition coefficient (Wildman–Crippen LogP) is 5.40. The van der Waals surface area contributed by atoms with Gasteiger partial charge in [0.2, 0.25) is 5.28 Å². The van der Waals surface area contributed by atoms with Crippen molar-refractivity contribution in [3.8, 4) is 40.0 Å². The summed E-state index contributed by atoms with van der Waals surface area (Å²) in [6.07, 6.45) is 0. The normalized spacial score (nSPS) is 10.4. The van der Waals surface area contributed by atoms with Crippen LogP contribution in [-0.4, -0.2) is 15.0 Å². The molecule has 4 rings (SSSR count). The van der Waals surface area contributed by atoms with E-state index in [1.807, 2.05) is 72.8 Å². The van der Waals surface area contributed by atoms with E-state index in [-0.39, 0.29) is 5.28 Å². The fourth-order valence-corrected chi connectivity index (χ4v) is 3.08. The summed E-state index contributed by atoms with van der Waals surface area (Å²) in [5, 5.41) is 9.59. The first kappa shape index (κ1) is 16.9. The fraction of sp³-hybridized carbons (Fsp3) is 0. The molecule has 0 fully saturated rings. The van der Waals surface area contributed by atoms with Crippen LogP contribution in [0.25, 0.3) is 33.9 Å². The van der Waals surface area contributed by atoms with E-state index < -0.39 is 0 Å². The molecule has 0 amide bonds. The Balaban J connectivity index is 1.91. The maximum absolute atomic E-state index is 9.47. The number of nitriles is 1. The van der Waals surface area contributed by atoms with Gasteiger partial charge in [0, 0.05) is 16.7 Å². The number of nitrogens with zero attached hydrogens (tertiary/aromatic N) is 4. The van der Waals surface area contributed by atoms with Crippen molar-refractivity contribution in [2.45, 2.75) is 0 Å². The van der Waals surface area contributed by atoms with Gasteiger partial charge >= 0.3 is 0 Å². The lowest BCUT2D eigenvalue weighted by Crippen LogP contribution is -1.98. The van der Waals surface area contributed by atoms with Gasteiger partial charge in [-0.15, -0.1) is 0 Å². The molecule has 27 heavy (non-hydrogen) atoms. The zero-order valence-corrected chi connectivity index (χ0v) is 14.9. The van der Waals surface area contributed by atoms with Crippen molar-refractivity contribution >= 4 is 11.6 Å². The number of rotatable bonds is 3. The summed E-state index contributed by atoms with van der Waals surface area (Å²) >= 11 is 6.19. The molecule has 0 N–H and O–H groups in total. The molecule has 5 heteroatoms. The van der Waals surface area contributed by atoms with Crippen LogP contribution in [0.4, 0.5) is 0 Å². The SMILES string of the molecule is N#Cc1ccccc1-c1ccccc1-c1nc(Cl)nc(-c2ccccc2)n1. The second-order valence-corrected chi connectivity index (χ2v) is 6.16. The molecule has 0 aliphatic heterocycles. The van der Waals surface area contributed by atoms with Crippen LogP contribution in [-0.2, 0) is 0 Å². The van der Waals surface area contributed by atoms with Crippen LogP contribution in [0.3, 0.4) is 0 Å². The Kier molecular flexibility index (Phi) is 4.61. The molecule has 0 unspecified atom stereocenters. The van der Waals surface area contributed by atoms with E-state index >= 15 is 0 Å². The second-order valence-electron chi connectivity index (χ2n) is 5.82. The van der Waals surface area contributed by atoms with Crippen LogP contribution in [0.1, 0.15) is 5.56 Å². The molecule has 1 aromatic heterocycles. The van der Waals surface area contributed by atoms with E-state index in [4.69, 9.17) is 11.6 Å². The van der Waals surface area contributed by atoms with Gasteiger partial charge in [-0.1, -0.05) is 72.8 Å². The third kappa shape index (κ3) is 3.41. The summed E-state index contributed by atoms with van der Waals surface area (Å²) in [6.45, 7) is 0. The van der Waals surface area contributed by atoms with Gasteiger partial charge in [-0.2, -0.15) is 15.2 Å². The van der Waals surface area contributed by atoms with Crippen molar-refractivity contribution in [2.75, 3.05) is 0 Å². The lowest BCUT2D eigenvalue weighted by molar-refractivity contribution is 1.07. The maximum atomic E-state index is 9.47. The molecule has 0 saturated carbocycles. The largest absolute Gasteiger partial charge is 0.226 e. The van der Waals surface area contributed by atoms with Crippen LogP contribution in [0.2, 0.25) is 5.28 Å².